The molecule has 0 unspecified atom stereocenters. The van der Waals surface area contributed by atoms with E-state index in [0.717, 1.165) is 37.4 Å². The molecule has 1 aromatic rings. The molecular weight excluding hydrogens is 240 g/mol. The minimum absolute atomic E-state index is 0.184. The van der Waals surface area contributed by atoms with Crippen LogP contribution in [0.15, 0.2) is 24.3 Å². The molecular formula is C15H24N2O2. The highest BCUT2D eigenvalue weighted by Gasteiger charge is 2.40. The molecule has 1 aliphatic rings. The van der Waals surface area contributed by atoms with Gasteiger partial charge in [-0.25, -0.2) is 0 Å². The Morgan fingerprint density at radius 2 is 2.26 bits per heavy atom. The lowest BCUT2D eigenvalue weighted by Gasteiger charge is -2.42. The number of nitrogens with one attached hydrogen (secondary N) is 1. The first-order chi connectivity index (χ1) is 9.06. The SMILES string of the molecule is COc1cccc([C@]2(O)CCNC[C@@H]2CN(C)C)c1. The van der Waals surface area contributed by atoms with Gasteiger partial charge in [0.2, 0.25) is 0 Å². The van der Waals surface area contributed by atoms with E-state index in [1.807, 2.05) is 38.4 Å². The number of hydrogen-bond acceptors (Lipinski definition) is 4. The van der Waals surface area contributed by atoms with Gasteiger partial charge in [0.25, 0.3) is 0 Å². The van der Waals surface area contributed by atoms with Gasteiger partial charge >= 0.3 is 0 Å². The number of aliphatic hydroxyl groups is 1. The first kappa shape index (κ1) is 14.3. The van der Waals surface area contributed by atoms with Crippen LogP contribution in [0.2, 0.25) is 0 Å². The lowest BCUT2D eigenvalue weighted by atomic mass is 9.76. The van der Waals surface area contributed by atoms with Crippen LogP contribution >= 0.6 is 0 Å². The molecule has 1 heterocycles. The van der Waals surface area contributed by atoms with Crippen LogP contribution in [0, 0.1) is 5.92 Å². The largest absolute Gasteiger partial charge is 0.497 e. The Morgan fingerprint density at radius 1 is 1.47 bits per heavy atom. The standard InChI is InChI=1S/C15H24N2O2/c1-17(2)11-13-10-16-8-7-15(13,18)12-5-4-6-14(9-12)19-3/h4-6,9,13,16,18H,7-8,10-11H2,1-3H3/t13-,15-/m1/s1. The molecule has 4 nitrogen and oxygen atoms in total. The summed E-state index contributed by atoms with van der Waals surface area (Å²) in [4.78, 5) is 2.13. The molecule has 0 aromatic heterocycles. The minimum Gasteiger partial charge on any atom is -0.497 e. The van der Waals surface area contributed by atoms with E-state index in [4.69, 9.17) is 4.74 Å². The van der Waals surface area contributed by atoms with Crippen molar-refractivity contribution in [1.82, 2.24) is 10.2 Å². The molecule has 1 aliphatic heterocycles. The van der Waals surface area contributed by atoms with Gasteiger partial charge in [0.05, 0.1) is 12.7 Å². The molecule has 2 rings (SSSR count). The average molecular weight is 264 g/mol. The van der Waals surface area contributed by atoms with Crippen molar-refractivity contribution < 1.29 is 9.84 Å². The van der Waals surface area contributed by atoms with E-state index in [1.165, 1.54) is 0 Å². The van der Waals surface area contributed by atoms with E-state index in [1.54, 1.807) is 7.11 Å². The maximum Gasteiger partial charge on any atom is 0.119 e. The monoisotopic (exact) mass is 264 g/mol. The first-order valence-corrected chi connectivity index (χ1v) is 6.78. The van der Waals surface area contributed by atoms with Crippen LogP contribution in [0.5, 0.6) is 5.75 Å². The Balaban J connectivity index is 2.30. The zero-order chi connectivity index (χ0) is 13.9. The maximum atomic E-state index is 11.1. The molecule has 19 heavy (non-hydrogen) atoms. The van der Waals surface area contributed by atoms with Gasteiger partial charge in [0, 0.05) is 19.0 Å². The van der Waals surface area contributed by atoms with Crippen LogP contribution in [-0.4, -0.2) is 50.8 Å². The number of rotatable bonds is 4. The average Bonchev–Trinajstić information content (AvgIpc) is 2.41. The van der Waals surface area contributed by atoms with Crippen LogP contribution in [0.3, 0.4) is 0 Å². The van der Waals surface area contributed by atoms with Crippen LogP contribution in [0.1, 0.15) is 12.0 Å². The van der Waals surface area contributed by atoms with Crippen molar-refractivity contribution in [2.75, 3.05) is 40.8 Å². The molecule has 0 aliphatic carbocycles. The van der Waals surface area contributed by atoms with Crippen molar-refractivity contribution in [2.24, 2.45) is 5.92 Å². The fraction of sp³-hybridized carbons (Fsp3) is 0.600. The molecule has 2 N–H and O–H groups in total. The maximum absolute atomic E-state index is 11.1. The number of benzene rings is 1. The van der Waals surface area contributed by atoms with Crippen molar-refractivity contribution in [3.05, 3.63) is 29.8 Å². The minimum atomic E-state index is -0.774. The Hall–Kier alpha value is -1.10. The van der Waals surface area contributed by atoms with E-state index in [0.29, 0.717) is 0 Å². The highest BCUT2D eigenvalue weighted by Crippen LogP contribution is 2.36. The fourth-order valence-corrected chi connectivity index (χ4v) is 2.86. The zero-order valence-corrected chi connectivity index (χ0v) is 12.0. The van der Waals surface area contributed by atoms with Crippen molar-refractivity contribution in [2.45, 2.75) is 12.0 Å². The van der Waals surface area contributed by atoms with Crippen molar-refractivity contribution in [1.29, 1.82) is 0 Å². The third-order valence-electron chi connectivity index (χ3n) is 3.90. The fourth-order valence-electron chi connectivity index (χ4n) is 2.86. The van der Waals surface area contributed by atoms with Crippen LogP contribution < -0.4 is 10.1 Å². The van der Waals surface area contributed by atoms with Crippen LogP contribution in [0.25, 0.3) is 0 Å². The summed E-state index contributed by atoms with van der Waals surface area (Å²) in [7, 11) is 5.74. The molecule has 2 atom stereocenters. The molecule has 0 saturated carbocycles. The molecule has 0 radical (unpaired) electrons. The Morgan fingerprint density at radius 3 is 2.95 bits per heavy atom. The van der Waals surface area contributed by atoms with Gasteiger partial charge in [-0.15, -0.1) is 0 Å². The first-order valence-electron chi connectivity index (χ1n) is 6.78. The van der Waals surface area contributed by atoms with Gasteiger partial charge in [-0.3, -0.25) is 0 Å². The van der Waals surface area contributed by atoms with Gasteiger partial charge in [-0.2, -0.15) is 0 Å². The molecule has 0 spiro atoms. The Kier molecular flexibility index (Phi) is 4.45. The summed E-state index contributed by atoms with van der Waals surface area (Å²) in [5.74, 6) is 0.983. The molecule has 106 valence electrons. The third-order valence-corrected chi connectivity index (χ3v) is 3.90. The normalized spacial score (nSPS) is 27.5. The van der Waals surface area contributed by atoms with Gasteiger partial charge in [-0.1, -0.05) is 12.1 Å². The topological polar surface area (TPSA) is 44.7 Å². The summed E-state index contributed by atoms with van der Waals surface area (Å²) in [6.45, 7) is 2.55. The highest BCUT2D eigenvalue weighted by atomic mass is 16.5. The van der Waals surface area contributed by atoms with Crippen molar-refractivity contribution in [3.63, 3.8) is 0 Å². The molecule has 1 aromatic carbocycles. The van der Waals surface area contributed by atoms with Gasteiger partial charge in [0.15, 0.2) is 0 Å². The number of hydrogen-bond donors (Lipinski definition) is 2. The second kappa shape index (κ2) is 5.90. The lowest BCUT2D eigenvalue weighted by molar-refractivity contribution is -0.0541. The summed E-state index contributed by atoms with van der Waals surface area (Å²) in [6, 6.07) is 7.81. The molecule has 0 bridgehead atoms. The highest BCUT2D eigenvalue weighted by molar-refractivity contribution is 5.33. The van der Waals surface area contributed by atoms with E-state index >= 15 is 0 Å². The zero-order valence-electron chi connectivity index (χ0n) is 12.0. The second-order valence-corrected chi connectivity index (χ2v) is 5.57. The number of methoxy groups -OCH3 is 1. The quantitative estimate of drug-likeness (QED) is 0.853. The van der Waals surface area contributed by atoms with Crippen molar-refractivity contribution in [3.8, 4) is 5.75 Å². The lowest BCUT2D eigenvalue weighted by Crippen LogP contribution is -2.51. The van der Waals surface area contributed by atoms with Crippen LogP contribution in [0.4, 0.5) is 0 Å². The smallest absolute Gasteiger partial charge is 0.119 e. The summed E-state index contributed by atoms with van der Waals surface area (Å²) in [5, 5.41) is 14.5. The summed E-state index contributed by atoms with van der Waals surface area (Å²) >= 11 is 0. The van der Waals surface area contributed by atoms with E-state index in [2.05, 4.69) is 10.2 Å². The predicted molar refractivity (Wildman–Crippen MR) is 76.4 cm³/mol. The molecule has 1 saturated heterocycles. The molecule has 4 heteroatoms. The van der Waals surface area contributed by atoms with E-state index < -0.39 is 5.60 Å². The summed E-state index contributed by atoms with van der Waals surface area (Å²) in [6.07, 6.45) is 0.735. The Bertz CT molecular complexity index is 422. The molecule has 0 amide bonds. The van der Waals surface area contributed by atoms with Gasteiger partial charge in [-0.05, 0) is 44.8 Å². The summed E-state index contributed by atoms with van der Waals surface area (Å²) < 4.78 is 5.27. The van der Waals surface area contributed by atoms with Gasteiger partial charge in [0.1, 0.15) is 5.75 Å². The molecule has 1 fully saturated rings. The van der Waals surface area contributed by atoms with E-state index in [9.17, 15) is 5.11 Å². The van der Waals surface area contributed by atoms with E-state index in [-0.39, 0.29) is 5.92 Å². The predicted octanol–water partition coefficient (Wildman–Crippen LogP) is 1.05. The van der Waals surface area contributed by atoms with Crippen LogP contribution in [-0.2, 0) is 5.60 Å². The number of nitrogens with zero attached hydrogens (tertiary/aromatic N) is 1. The van der Waals surface area contributed by atoms with Gasteiger partial charge < -0.3 is 20.1 Å². The second-order valence-electron chi connectivity index (χ2n) is 5.57. The third kappa shape index (κ3) is 3.08. The van der Waals surface area contributed by atoms with Crippen molar-refractivity contribution >= 4 is 0 Å². The Labute approximate surface area is 115 Å². The number of ether oxygens (including phenoxy) is 1. The summed E-state index contributed by atoms with van der Waals surface area (Å²) in [5.41, 5.74) is 0.185. The number of piperidine rings is 1.